The van der Waals surface area contributed by atoms with Crippen LogP contribution < -0.4 is 4.74 Å². The average Bonchev–Trinajstić information content (AvgIpc) is 3.20. The number of ether oxygens (including phenoxy) is 1. The summed E-state index contributed by atoms with van der Waals surface area (Å²) in [5.74, 6) is -0.101. The van der Waals surface area contributed by atoms with Crippen LogP contribution in [0.3, 0.4) is 0 Å². The van der Waals surface area contributed by atoms with E-state index in [1.165, 1.54) is 0 Å². The minimum Gasteiger partial charge on any atom is -0.497 e. The zero-order chi connectivity index (χ0) is 22.0. The monoisotopic (exact) mass is 434 g/mol. The summed E-state index contributed by atoms with van der Waals surface area (Å²) in [6.45, 7) is 1.89. The van der Waals surface area contributed by atoms with E-state index in [9.17, 15) is 13.2 Å². The van der Waals surface area contributed by atoms with E-state index >= 15 is 0 Å². The summed E-state index contributed by atoms with van der Waals surface area (Å²) in [6.07, 6.45) is 0.680. The quantitative estimate of drug-likeness (QED) is 0.436. The molecule has 0 saturated carbocycles. The third-order valence-electron chi connectivity index (χ3n) is 5.32. The van der Waals surface area contributed by atoms with Crippen molar-refractivity contribution in [2.75, 3.05) is 7.11 Å². The molecule has 0 saturated heterocycles. The van der Waals surface area contributed by atoms with Gasteiger partial charge in [-0.3, -0.25) is 0 Å². The molecule has 2 atom stereocenters. The molecule has 31 heavy (non-hydrogen) atoms. The molecule has 0 radical (unpaired) electrons. The minimum absolute atomic E-state index is 0.143. The van der Waals surface area contributed by atoms with E-state index in [0.29, 0.717) is 28.6 Å². The number of carbonyl (C=O) groups is 1. The first kappa shape index (κ1) is 20.8. The first-order chi connectivity index (χ1) is 14.9. The first-order valence-electron chi connectivity index (χ1n) is 9.78. The molecule has 0 aliphatic heterocycles. The Kier molecular flexibility index (Phi) is 5.61. The Hall–Kier alpha value is -3.45. The lowest BCUT2D eigenvalue weighted by atomic mass is 9.96. The molecule has 6 nitrogen and oxygen atoms in total. The molecule has 0 spiro atoms. The number of imidazole rings is 1. The van der Waals surface area contributed by atoms with E-state index in [-0.39, 0.29) is 10.7 Å². The third-order valence-corrected chi connectivity index (χ3v) is 7.43. The van der Waals surface area contributed by atoms with Gasteiger partial charge in [-0.1, -0.05) is 48.0 Å². The lowest BCUT2D eigenvalue weighted by Crippen LogP contribution is -2.23. The van der Waals surface area contributed by atoms with Gasteiger partial charge in [0.25, 0.3) is 0 Å². The van der Waals surface area contributed by atoms with Gasteiger partial charge in [-0.05, 0) is 36.8 Å². The number of benzene rings is 3. The molecule has 0 bridgehead atoms. The highest BCUT2D eigenvalue weighted by Crippen LogP contribution is 2.39. The summed E-state index contributed by atoms with van der Waals surface area (Å²) in [5.41, 5.74) is 2.78. The zero-order valence-corrected chi connectivity index (χ0v) is 18.0. The number of nitrogens with zero attached hydrogens (tertiary/aromatic N) is 1. The Bertz CT molecular complexity index is 1310. The molecular formula is C24H22N2O4S. The van der Waals surface area contributed by atoms with Crippen LogP contribution in [0.5, 0.6) is 5.75 Å². The van der Waals surface area contributed by atoms with Crippen molar-refractivity contribution < 1.29 is 17.9 Å². The van der Waals surface area contributed by atoms with Crippen LogP contribution >= 0.6 is 0 Å². The van der Waals surface area contributed by atoms with Crippen LogP contribution in [0.2, 0.25) is 0 Å². The second-order valence-corrected chi connectivity index (χ2v) is 9.43. The lowest BCUT2D eigenvalue weighted by Gasteiger charge is -2.22. The van der Waals surface area contributed by atoms with Crippen molar-refractivity contribution in [2.45, 2.75) is 23.0 Å². The van der Waals surface area contributed by atoms with E-state index < -0.39 is 21.0 Å². The Morgan fingerprint density at radius 2 is 1.71 bits per heavy atom. The van der Waals surface area contributed by atoms with Crippen LogP contribution in [0.25, 0.3) is 11.0 Å². The molecule has 4 aromatic rings. The summed E-state index contributed by atoms with van der Waals surface area (Å²) in [7, 11) is -2.39. The SMILES string of the molecule is COc1ccc2nc(C(C(C=O)c3ccccc3)S(=O)(=O)c3ccc(C)cc3)[nH]c2c1. The van der Waals surface area contributed by atoms with Crippen molar-refractivity contribution in [1.29, 1.82) is 0 Å². The molecule has 0 fully saturated rings. The summed E-state index contributed by atoms with van der Waals surface area (Å²) >= 11 is 0. The molecule has 3 aromatic carbocycles. The molecule has 0 amide bonds. The molecule has 0 aliphatic rings. The molecule has 2 unspecified atom stereocenters. The van der Waals surface area contributed by atoms with Crippen molar-refractivity contribution in [2.24, 2.45) is 0 Å². The van der Waals surface area contributed by atoms with Crippen LogP contribution in [0, 0.1) is 6.92 Å². The summed E-state index contributed by atoms with van der Waals surface area (Å²) in [6, 6.07) is 20.8. The number of sulfone groups is 1. The maximum absolute atomic E-state index is 13.8. The van der Waals surface area contributed by atoms with Crippen LogP contribution in [-0.4, -0.2) is 31.8 Å². The Labute approximate surface area is 180 Å². The van der Waals surface area contributed by atoms with Crippen molar-refractivity contribution in [3.8, 4) is 5.75 Å². The fourth-order valence-corrected chi connectivity index (χ4v) is 5.48. The third kappa shape index (κ3) is 3.96. The molecule has 158 valence electrons. The van der Waals surface area contributed by atoms with Crippen LogP contribution in [0.4, 0.5) is 0 Å². The highest BCUT2D eigenvalue weighted by molar-refractivity contribution is 7.91. The molecule has 1 heterocycles. The fraction of sp³-hybridized carbons (Fsp3) is 0.167. The number of aryl methyl sites for hydroxylation is 1. The molecular weight excluding hydrogens is 412 g/mol. The second kappa shape index (κ2) is 8.35. The summed E-state index contributed by atoms with van der Waals surface area (Å²) < 4.78 is 32.8. The number of carbonyl (C=O) groups excluding carboxylic acids is 1. The number of methoxy groups -OCH3 is 1. The Morgan fingerprint density at radius 3 is 2.35 bits per heavy atom. The highest BCUT2D eigenvalue weighted by Gasteiger charge is 2.39. The second-order valence-electron chi connectivity index (χ2n) is 7.36. The number of aldehydes is 1. The largest absolute Gasteiger partial charge is 0.497 e. The first-order valence-corrected chi connectivity index (χ1v) is 11.3. The van der Waals surface area contributed by atoms with E-state index in [2.05, 4.69) is 9.97 Å². The van der Waals surface area contributed by atoms with Gasteiger partial charge in [0.1, 0.15) is 23.1 Å². The topological polar surface area (TPSA) is 89.1 Å². The van der Waals surface area contributed by atoms with Crippen LogP contribution in [0.1, 0.15) is 28.1 Å². The van der Waals surface area contributed by atoms with Crippen LogP contribution in [0.15, 0.2) is 77.7 Å². The number of aromatic nitrogens is 2. The Balaban J connectivity index is 1.92. The molecule has 1 N–H and O–H groups in total. The van der Waals surface area contributed by atoms with Crippen LogP contribution in [-0.2, 0) is 14.6 Å². The number of aromatic amines is 1. The van der Waals surface area contributed by atoms with Crippen molar-refractivity contribution >= 4 is 27.2 Å². The number of rotatable bonds is 7. The summed E-state index contributed by atoms with van der Waals surface area (Å²) in [4.78, 5) is 20.0. The molecule has 1 aromatic heterocycles. The van der Waals surface area contributed by atoms with Gasteiger partial charge in [0.15, 0.2) is 9.84 Å². The van der Waals surface area contributed by atoms with Gasteiger partial charge in [0.2, 0.25) is 0 Å². The van der Waals surface area contributed by atoms with Crippen molar-refractivity contribution in [3.05, 3.63) is 89.7 Å². The van der Waals surface area contributed by atoms with Gasteiger partial charge >= 0.3 is 0 Å². The minimum atomic E-state index is -3.95. The van der Waals surface area contributed by atoms with E-state index in [1.807, 2.05) is 13.0 Å². The number of H-pyrrole nitrogens is 1. The van der Waals surface area contributed by atoms with Gasteiger partial charge in [-0.15, -0.1) is 0 Å². The van der Waals surface area contributed by atoms with Gasteiger partial charge in [0.05, 0.1) is 29.0 Å². The number of hydrogen-bond donors (Lipinski definition) is 1. The lowest BCUT2D eigenvalue weighted by molar-refractivity contribution is -0.109. The normalized spacial score (nSPS) is 13.6. The average molecular weight is 435 g/mol. The van der Waals surface area contributed by atoms with E-state index in [4.69, 9.17) is 4.74 Å². The van der Waals surface area contributed by atoms with Gasteiger partial charge in [-0.25, -0.2) is 13.4 Å². The van der Waals surface area contributed by atoms with Gasteiger partial charge in [-0.2, -0.15) is 0 Å². The highest BCUT2D eigenvalue weighted by atomic mass is 32.2. The van der Waals surface area contributed by atoms with E-state index in [0.717, 1.165) is 5.56 Å². The molecule has 4 rings (SSSR count). The van der Waals surface area contributed by atoms with E-state index in [1.54, 1.807) is 73.8 Å². The summed E-state index contributed by atoms with van der Waals surface area (Å²) in [5, 5.41) is -1.21. The van der Waals surface area contributed by atoms with Gasteiger partial charge < -0.3 is 14.5 Å². The number of hydrogen-bond acceptors (Lipinski definition) is 5. The fourth-order valence-electron chi connectivity index (χ4n) is 3.65. The van der Waals surface area contributed by atoms with Crippen molar-refractivity contribution in [1.82, 2.24) is 9.97 Å². The number of fused-ring (bicyclic) bond motifs is 1. The molecule has 0 aliphatic carbocycles. The predicted octanol–water partition coefficient (Wildman–Crippen LogP) is 4.38. The smallest absolute Gasteiger partial charge is 0.189 e. The van der Waals surface area contributed by atoms with Gasteiger partial charge in [0, 0.05) is 6.07 Å². The Morgan fingerprint density at radius 1 is 1.00 bits per heavy atom. The predicted molar refractivity (Wildman–Crippen MR) is 119 cm³/mol. The standard InChI is InChI=1S/C24H22N2O4S/c1-16-8-11-19(12-9-16)31(28,29)23(20(15-27)17-6-4-3-5-7-17)24-25-21-13-10-18(30-2)14-22(21)26-24/h3-15,20,23H,1-2H3,(H,25,26). The zero-order valence-electron chi connectivity index (χ0n) is 17.1. The number of nitrogens with one attached hydrogen (secondary N) is 1. The maximum atomic E-state index is 13.8. The van der Waals surface area contributed by atoms with Crippen molar-refractivity contribution in [3.63, 3.8) is 0 Å². The maximum Gasteiger partial charge on any atom is 0.189 e. The molecule has 7 heteroatoms.